The van der Waals surface area contributed by atoms with E-state index in [1.165, 1.54) is 6.07 Å². The first kappa shape index (κ1) is 14.6. The van der Waals surface area contributed by atoms with E-state index in [1.807, 2.05) is 0 Å². The zero-order valence-electron chi connectivity index (χ0n) is 12.7. The van der Waals surface area contributed by atoms with E-state index in [0.29, 0.717) is 31.0 Å². The summed E-state index contributed by atoms with van der Waals surface area (Å²) in [5, 5.41) is 4.12. The van der Waals surface area contributed by atoms with Crippen LogP contribution in [0.25, 0.3) is 0 Å². The van der Waals surface area contributed by atoms with Crippen LogP contribution >= 0.6 is 0 Å². The van der Waals surface area contributed by atoms with Crippen LogP contribution in [0.1, 0.15) is 37.8 Å². The van der Waals surface area contributed by atoms with Gasteiger partial charge in [-0.25, -0.2) is 9.37 Å². The Kier molecular flexibility index (Phi) is 3.55. The van der Waals surface area contributed by atoms with Crippen molar-refractivity contribution in [2.24, 2.45) is 5.16 Å². The predicted molar refractivity (Wildman–Crippen MR) is 80.0 cm³/mol. The Balaban J connectivity index is 1.39. The predicted octanol–water partition coefficient (Wildman–Crippen LogP) is 2.40. The van der Waals surface area contributed by atoms with Crippen molar-refractivity contribution in [1.29, 1.82) is 0 Å². The van der Waals surface area contributed by atoms with Gasteiger partial charge < -0.3 is 14.3 Å². The number of hydrogen-bond donors (Lipinski definition) is 0. The van der Waals surface area contributed by atoms with Crippen molar-refractivity contribution in [1.82, 2.24) is 4.98 Å². The Morgan fingerprint density at radius 3 is 2.52 bits per heavy atom. The number of oxime groups is 1. The van der Waals surface area contributed by atoms with Crippen LogP contribution in [0.3, 0.4) is 0 Å². The zero-order valence-corrected chi connectivity index (χ0v) is 12.7. The fourth-order valence-electron chi connectivity index (χ4n) is 3.31. The van der Waals surface area contributed by atoms with Crippen molar-refractivity contribution in [2.75, 3.05) is 13.2 Å². The van der Waals surface area contributed by atoms with Crippen LogP contribution in [0.5, 0.6) is 0 Å². The van der Waals surface area contributed by atoms with E-state index in [9.17, 15) is 4.39 Å². The van der Waals surface area contributed by atoms with E-state index in [-0.39, 0.29) is 11.4 Å². The Morgan fingerprint density at radius 1 is 1.04 bits per heavy atom. The maximum absolute atomic E-state index is 12.8. The molecule has 0 N–H and O–H groups in total. The molecule has 0 aromatic carbocycles. The third-order valence-corrected chi connectivity index (χ3v) is 4.64. The first-order chi connectivity index (χ1) is 11.2. The molecule has 1 aromatic rings. The topological polar surface area (TPSA) is 52.9 Å². The van der Waals surface area contributed by atoms with Crippen molar-refractivity contribution in [3.8, 4) is 11.8 Å². The molecule has 2 aliphatic heterocycles. The van der Waals surface area contributed by atoms with Crippen LogP contribution < -0.4 is 0 Å². The molecule has 1 aliphatic carbocycles. The molecule has 3 aliphatic rings. The van der Waals surface area contributed by atoms with E-state index < -0.39 is 5.79 Å². The summed E-state index contributed by atoms with van der Waals surface area (Å²) in [7, 11) is 0. The highest BCUT2D eigenvalue weighted by Crippen LogP contribution is 2.45. The second-order valence-electron chi connectivity index (χ2n) is 6.21. The van der Waals surface area contributed by atoms with Gasteiger partial charge in [0, 0.05) is 19.3 Å². The molecule has 5 nitrogen and oxygen atoms in total. The number of pyridine rings is 1. The van der Waals surface area contributed by atoms with Crippen LogP contribution in [0.4, 0.5) is 4.39 Å². The van der Waals surface area contributed by atoms with Crippen LogP contribution in [0, 0.1) is 17.7 Å². The molecule has 3 heterocycles. The smallest absolute Gasteiger partial charge is 0.168 e. The highest BCUT2D eigenvalue weighted by atomic mass is 19.1. The van der Waals surface area contributed by atoms with Crippen molar-refractivity contribution < 1.29 is 18.7 Å². The lowest BCUT2D eigenvalue weighted by molar-refractivity contribution is -0.206. The van der Waals surface area contributed by atoms with Gasteiger partial charge in [-0.15, -0.1) is 0 Å². The molecule has 4 rings (SSSR count). The number of nitrogens with zero attached hydrogens (tertiary/aromatic N) is 2. The van der Waals surface area contributed by atoms with Crippen LogP contribution in [-0.2, 0) is 14.3 Å². The molecule has 2 spiro atoms. The number of ether oxygens (including phenoxy) is 2. The molecule has 23 heavy (non-hydrogen) atoms. The summed E-state index contributed by atoms with van der Waals surface area (Å²) in [6.07, 6.45) is 5.18. The van der Waals surface area contributed by atoms with Crippen LogP contribution in [-0.4, -0.2) is 35.3 Å². The van der Waals surface area contributed by atoms with Crippen LogP contribution in [0.2, 0.25) is 0 Å². The highest BCUT2D eigenvalue weighted by Gasteiger charge is 2.50. The molecule has 0 radical (unpaired) electrons. The molecule has 0 bridgehead atoms. The number of halogens is 1. The molecular formula is C17H17FN2O3. The number of aromatic nitrogens is 1. The summed E-state index contributed by atoms with van der Waals surface area (Å²) >= 11 is 0. The molecule has 6 heteroatoms. The second-order valence-corrected chi connectivity index (χ2v) is 6.21. The summed E-state index contributed by atoms with van der Waals surface area (Å²) in [6, 6.07) is 2.89. The number of rotatable bonds is 0. The van der Waals surface area contributed by atoms with Gasteiger partial charge in [0.05, 0.1) is 19.4 Å². The van der Waals surface area contributed by atoms with Gasteiger partial charge in [-0.1, -0.05) is 5.16 Å². The molecule has 1 aromatic heterocycles. The van der Waals surface area contributed by atoms with Crippen LogP contribution in [0.15, 0.2) is 23.5 Å². The van der Waals surface area contributed by atoms with Crippen molar-refractivity contribution >= 4 is 5.71 Å². The van der Waals surface area contributed by atoms with Crippen molar-refractivity contribution in [3.63, 3.8) is 0 Å². The first-order valence-electron chi connectivity index (χ1n) is 7.84. The van der Waals surface area contributed by atoms with Gasteiger partial charge >= 0.3 is 0 Å². The average Bonchev–Trinajstić information content (AvgIpc) is 3.18. The third kappa shape index (κ3) is 2.94. The lowest BCUT2D eigenvalue weighted by Crippen LogP contribution is -2.43. The fourth-order valence-corrected chi connectivity index (χ4v) is 3.31. The average molecular weight is 316 g/mol. The van der Waals surface area contributed by atoms with Gasteiger partial charge in [0.1, 0.15) is 22.8 Å². The number of hydrogen-bond acceptors (Lipinski definition) is 5. The minimum absolute atomic E-state index is 0.277. The lowest BCUT2D eigenvalue weighted by atomic mass is 9.79. The molecule has 1 saturated heterocycles. The van der Waals surface area contributed by atoms with E-state index in [0.717, 1.165) is 31.9 Å². The van der Waals surface area contributed by atoms with Gasteiger partial charge in [-0.2, -0.15) is 0 Å². The third-order valence-electron chi connectivity index (χ3n) is 4.64. The molecule has 0 atom stereocenters. The molecule has 0 amide bonds. The molecule has 1 saturated carbocycles. The zero-order chi connectivity index (χ0) is 15.8. The fraction of sp³-hybridized carbons (Fsp3) is 0.529. The SMILES string of the molecule is Fc1ccc(C#CC2=NOC3(CCC4(CC3)OCCO4)C2)nc1. The summed E-state index contributed by atoms with van der Waals surface area (Å²) in [5.74, 6) is 5.10. The van der Waals surface area contributed by atoms with Gasteiger partial charge in [0.25, 0.3) is 0 Å². The Labute approximate surface area is 133 Å². The largest absolute Gasteiger partial charge is 0.388 e. The van der Waals surface area contributed by atoms with E-state index in [4.69, 9.17) is 14.3 Å². The van der Waals surface area contributed by atoms with Gasteiger partial charge in [-0.05, 0) is 36.8 Å². The first-order valence-corrected chi connectivity index (χ1v) is 7.84. The van der Waals surface area contributed by atoms with Crippen molar-refractivity contribution in [3.05, 3.63) is 29.8 Å². The monoisotopic (exact) mass is 316 g/mol. The minimum atomic E-state index is -0.402. The van der Waals surface area contributed by atoms with E-state index >= 15 is 0 Å². The maximum atomic E-state index is 12.8. The van der Waals surface area contributed by atoms with Gasteiger partial charge in [0.15, 0.2) is 5.79 Å². The van der Waals surface area contributed by atoms with Crippen molar-refractivity contribution in [2.45, 2.75) is 43.5 Å². The normalized spacial score (nSPS) is 24.1. The maximum Gasteiger partial charge on any atom is 0.168 e. The van der Waals surface area contributed by atoms with Gasteiger partial charge in [-0.3, -0.25) is 0 Å². The van der Waals surface area contributed by atoms with Gasteiger partial charge in [0.2, 0.25) is 0 Å². The summed E-state index contributed by atoms with van der Waals surface area (Å²) in [5.41, 5.74) is 0.951. The summed E-state index contributed by atoms with van der Waals surface area (Å²) < 4.78 is 24.3. The Hall–Kier alpha value is -1.97. The lowest BCUT2D eigenvalue weighted by Gasteiger charge is -2.39. The molecule has 2 fully saturated rings. The summed E-state index contributed by atoms with van der Waals surface area (Å²) in [6.45, 7) is 1.34. The molecule has 0 unspecified atom stereocenters. The highest BCUT2D eigenvalue weighted by molar-refractivity contribution is 6.01. The van der Waals surface area contributed by atoms with E-state index in [2.05, 4.69) is 22.0 Å². The molecular weight excluding hydrogens is 299 g/mol. The Bertz CT molecular complexity index is 674. The summed E-state index contributed by atoms with van der Waals surface area (Å²) in [4.78, 5) is 9.61. The quantitative estimate of drug-likeness (QED) is 0.690. The van der Waals surface area contributed by atoms with E-state index in [1.54, 1.807) is 6.07 Å². The standard InChI is InChI=1S/C17H17FN2O3/c18-13-1-2-14(19-12-13)3-4-15-11-16(23-20-15)5-7-17(8-6-16)21-9-10-22-17/h1-2,12H,5-11H2. The molecule has 120 valence electrons. The minimum Gasteiger partial charge on any atom is -0.388 e. The second kappa shape index (κ2) is 5.59. The Morgan fingerprint density at radius 2 is 1.83 bits per heavy atom.